The Morgan fingerprint density at radius 2 is 2.00 bits per heavy atom. The molecular formula is C19H23ClN2O5S. The van der Waals surface area contributed by atoms with Crippen LogP contribution in [0, 0.1) is 0 Å². The van der Waals surface area contributed by atoms with Crippen LogP contribution in [-0.4, -0.2) is 27.0 Å². The maximum Gasteiger partial charge on any atom is 0.258 e. The van der Waals surface area contributed by atoms with Crippen molar-refractivity contribution in [3.8, 4) is 5.75 Å². The number of rotatable bonds is 8. The summed E-state index contributed by atoms with van der Waals surface area (Å²) in [6, 6.07) is 7.66. The Labute approximate surface area is 169 Å². The van der Waals surface area contributed by atoms with Gasteiger partial charge in [-0.15, -0.1) is 0 Å². The smallest absolute Gasteiger partial charge is 0.258 e. The van der Waals surface area contributed by atoms with Crippen LogP contribution in [0.3, 0.4) is 0 Å². The Balaban J connectivity index is 1.54. The molecule has 1 amide bonds. The Morgan fingerprint density at radius 1 is 1.21 bits per heavy atom. The highest BCUT2D eigenvalue weighted by atomic mass is 35.5. The quantitative estimate of drug-likeness (QED) is 0.675. The van der Waals surface area contributed by atoms with Gasteiger partial charge in [-0.05, 0) is 43.2 Å². The molecular weight excluding hydrogens is 404 g/mol. The number of nitrogens with one attached hydrogen (secondary N) is 2. The first-order chi connectivity index (χ1) is 13.4. The fraction of sp³-hybridized carbons (Fsp3) is 0.421. The zero-order valence-electron chi connectivity index (χ0n) is 15.3. The molecule has 3 rings (SSSR count). The lowest BCUT2D eigenvalue weighted by molar-refractivity contribution is -0.123. The van der Waals surface area contributed by atoms with Crippen LogP contribution in [0.4, 0.5) is 0 Å². The number of sulfonamides is 1. The zero-order chi connectivity index (χ0) is 20.0. The van der Waals surface area contributed by atoms with Crippen molar-refractivity contribution in [3.63, 3.8) is 0 Å². The number of hydrogen-bond donors (Lipinski definition) is 2. The number of halogens is 1. The Bertz CT molecular complexity index is 893. The van der Waals surface area contributed by atoms with Crippen LogP contribution in [-0.2, 0) is 21.4 Å². The van der Waals surface area contributed by atoms with Crippen molar-refractivity contribution in [2.24, 2.45) is 0 Å². The van der Waals surface area contributed by atoms with E-state index in [0.717, 1.165) is 32.1 Å². The van der Waals surface area contributed by atoms with Crippen molar-refractivity contribution in [1.29, 1.82) is 0 Å². The van der Waals surface area contributed by atoms with Crippen LogP contribution in [0.25, 0.3) is 0 Å². The summed E-state index contributed by atoms with van der Waals surface area (Å²) in [6.07, 6.45) is 6.43. The lowest BCUT2D eigenvalue weighted by Crippen LogP contribution is -2.36. The molecule has 0 unspecified atom stereocenters. The molecule has 0 spiro atoms. The van der Waals surface area contributed by atoms with Crippen LogP contribution >= 0.6 is 11.6 Å². The van der Waals surface area contributed by atoms with Crippen LogP contribution in [0.2, 0.25) is 5.02 Å². The zero-order valence-corrected chi connectivity index (χ0v) is 16.9. The molecule has 1 aromatic heterocycles. The monoisotopic (exact) mass is 426 g/mol. The van der Waals surface area contributed by atoms with Crippen molar-refractivity contribution >= 4 is 27.5 Å². The summed E-state index contributed by atoms with van der Waals surface area (Å²) in [5.41, 5.74) is 0. The van der Waals surface area contributed by atoms with Gasteiger partial charge >= 0.3 is 0 Å². The second-order valence-corrected chi connectivity index (χ2v) is 8.81. The van der Waals surface area contributed by atoms with Crippen LogP contribution < -0.4 is 14.8 Å². The van der Waals surface area contributed by atoms with Gasteiger partial charge in [0.2, 0.25) is 10.0 Å². The van der Waals surface area contributed by atoms with E-state index in [-0.39, 0.29) is 40.8 Å². The molecule has 1 fully saturated rings. The van der Waals surface area contributed by atoms with E-state index >= 15 is 0 Å². The SMILES string of the molecule is O=C(COc1ccc(S(=O)(=O)NC2CCCCC2)cc1Cl)NCc1ccco1. The molecule has 152 valence electrons. The van der Waals surface area contributed by atoms with Crippen molar-refractivity contribution < 1.29 is 22.4 Å². The van der Waals surface area contributed by atoms with E-state index in [1.54, 1.807) is 12.1 Å². The lowest BCUT2D eigenvalue weighted by Gasteiger charge is -2.22. The molecule has 7 nitrogen and oxygen atoms in total. The van der Waals surface area contributed by atoms with Crippen LogP contribution in [0.5, 0.6) is 5.75 Å². The van der Waals surface area contributed by atoms with Crippen molar-refractivity contribution in [2.45, 2.75) is 49.6 Å². The third kappa shape index (κ3) is 5.73. The topological polar surface area (TPSA) is 97.6 Å². The molecule has 1 aliphatic rings. The number of ether oxygens (including phenoxy) is 1. The van der Waals surface area contributed by atoms with Gasteiger partial charge in [-0.2, -0.15) is 0 Å². The van der Waals surface area contributed by atoms with Gasteiger partial charge in [-0.1, -0.05) is 30.9 Å². The number of hydrogen-bond acceptors (Lipinski definition) is 5. The molecule has 0 bridgehead atoms. The van der Waals surface area contributed by atoms with Gasteiger partial charge in [-0.25, -0.2) is 13.1 Å². The molecule has 2 N–H and O–H groups in total. The van der Waals surface area contributed by atoms with E-state index in [9.17, 15) is 13.2 Å². The minimum absolute atomic E-state index is 0.0358. The molecule has 0 aliphatic heterocycles. The predicted molar refractivity (Wildman–Crippen MR) is 105 cm³/mol. The number of amides is 1. The summed E-state index contributed by atoms with van der Waals surface area (Å²) in [6.45, 7) is 0.0137. The average molecular weight is 427 g/mol. The fourth-order valence-electron chi connectivity index (χ4n) is 3.07. The number of carbonyl (C=O) groups is 1. The van der Waals surface area contributed by atoms with Gasteiger partial charge in [0.15, 0.2) is 6.61 Å². The van der Waals surface area contributed by atoms with E-state index in [0.29, 0.717) is 5.76 Å². The van der Waals surface area contributed by atoms with Crippen LogP contribution in [0.1, 0.15) is 37.9 Å². The summed E-state index contributed by atoms with van der Waals surface area (Å²) in [5, 5.41) is 2.78. The molecule has 0 radical (unpaired) electrons. The summed E-state index contributed by atoms with van der Waals surface area (Å²) >= 11 is 6.16. The first-order valence-electron chi connectivity index (χ1n) is 9.18. The predicted octanol–water partition coefficient (Wildman–Crippen LogP) is 3.24. The lowest BCUT2D eigenvalue weighted by atomic mass is 9.96. The van der Waals surface area contributed by atoms with Gasteiger partial charge in [-0.3, -0.25) is 4.79 Å². The van der Waals surface area contributed by atoms with Gasteiger partial charge in [0.1, 0.15) is 11.5 Å². The molecule has 2 aromatic rings. The highest BCUT2D eigenvalue weighted by Gasteiger charge is 2.22. The third-order valence-corrected chi connectivity index (χ3v) is 6.35. The minimum atomic E-state index is -3.64. The van der Waals surface area contributed by atoms with Crippen molar-refractivity contribution in [2.75, 3.05) is 6.61 Å². The van der Waals surface area contributed by atoms with Crippen molar-refractivity contribution in [1.82, 2.24) is 10.0 Å². The van der Waals surface area contributed by atoms with E-state index < -0.39 is 10.0 Å². The number of carbonyl (C=O) groups excluding carboxylic acids is 1. The minimum Gasteiger partial charge on any atom is -0.482 e. The van der Waals surface area contributed by atoms with E-state index in [4.69, 9.17) is 20.8 Å². The third-order valence-electron chi connectivity index (χ3n) is 4.54. The highest BCUT2D eigenvalue weighted by Crippen LogP contribution is 2.28. The second-order valence-electron chi connectivity index (χ2n) is 6.69. The molecule has 9 heteroatoms. The molecule has 1 aliphatic carbocycles. The summed E-state index contributed by atoms with van der Waals surface area (Å²) in [7, 11) is -3.64. The Morgan fingerprint density at radius 3 is 2.68 bits per heavy atom. The summed E-state index contributed by atoms with van der Waals surface area (Å²) < 4.78 is 38.3. The molecule has 0 saturated heterocycles. The average Bonchev–Trinajstić information content (AvgIpc) is 3.19. The highest BCUT2D eigenvalue weighted by molar-refractivity contribution is 7.89. The van der Waals surface area contributed by atoms with E-state index in [1.807, 2.05) is 0 Å². The van der Waals surface area contributed by atoms with Crippen LogP contribution in [0.15, 0.2) is 45.9 Å². The van der Waals surface area contributed by atoms with Gasteiger partial charge in [0.05, 0.1) is 22.7 Å². The maximum atomic E-state index is 12.5. The molecule has 28 heavy (non-hydrogen) atoms. The fourth-order valence-corrected chi connectivity index (χ4v) is 4.70. The van der Waals surface area contributed by atoms with E-state index in [2.05, 4.69) is 10.0 Å². The summed E-state index contributed by atoms with van der Waals surface area (Å²) in [5.74, 6) is 0.529. The van der Waals surface area contributed by atoms with Gasteiger partial charge < -0.3 is 14.5 Å². The first-order valence-corrected chi connectivity index (χ1v) is 11.0. The van der Waals surface area contributed by atoms with E-state index in [1.165, 1.54) is 24.5 Å². The van der Waals surface area contributed by atoms with Gasteiger partial charge in [0.25, 0.3) is 5.91 Å². The molecule has 1 saturated carbocycles. The van der Waals surface area contributed by atoms with Crippen molar-refractivity contribution in [3.05, 3.63) is 47.4 Å². The number of benzene rings is 1. The first kappa shape index (κ1) is 20.7. The Hall–Kier alpha value is -2.03. The molecule has 1 heterocycles. The normalized spacial score (nSPS) is 15.3. The second kappa shape index (κ2) is 9.45. The molecule has 1 aromatic carbocycles. The Kier molecular flexibility index (Phi) is 6.98. The molecule has 0 atom stereocenters. The summed E-state index contributed by atoms with van der Waals surface area (Å²) in [4.78, 5) is 11.9. The number of furan rings is 1. The van der Waals surface area contributed by atoms with Gasteiger partial charge in [0, 0.05) is 6.04 Å². The maximum absolute atomic E-state index is 12.5. The largest absolute Gasteiger partial charge is 0.482 e. The standard InChI is InChI=1S/C19H23ClN2O5S/c20-17-11-16(28(24,25)22-14-5-2-1-3-6-14)8-9-18(17)27-13-19(23)21-12-15-7-4-10-26-15/h4,7-11,14,22H,1-3,5-6,12-13H2,(H,21,23).